The summed E-state index contributed by atoms with van der Waals surface area (Å²) in [5, 5.41) is 0. The maximum Gasteiger partial charge on any atom is 0.0175 e. The van der Waals surface area contributed by atoms with E-state index in [1.807, 2.05) is 0 Å². The van der Waals surface area contributed by atoms with Crippen molar-refractivity contribution >= 4 is 15.9 Å². The van der Waals surface area contributed by atoms with E-state index in [0.29, 0.717) is 5.92 Å². The Morgan fingerprint density at radius 2 is 1.59 bits per heavy atom. The van der Waals surface area contributed by atoms with E-state index in [1.165, 1.54) is 22.3 Å². The fourth-order valence-corrected chi connectivity index (χ4v) is 2.42. The van der Waals surface area contributed by atoms with Gasteiger partial charge in [-0.25, -0.2) is 0 Å². The number of hydrogen-bond donors (Lipinski definition) is 0. The molecule has 2 rings (SSSR count). The molecule has 88 valence electrons. The van der Waals surface area contributed by atoms with Gasteiger partial charge in [-0.2, -0.15) is 0 Å². The Bertz CT molecular complexity index is 512. The highest BCUT2D eigenvalue weighted by Gasteiger charge is 2.10. The van der Waals surface area contributed by atoms with Crippen molar-refractivity contribution in [2.75, 3.05) is 0 Å². The summed E-state index contributed by atoms with van der Waals surface area (Å²) in [5.74, 6) is 0.447. The predicted octanol–water partition coefficient (Wildman–Crippen LogP) is 5.22. The Hall–Kier alpha value is -1.08. The van der Waals surface area contributed by atoms with Crippen LogP contribution in [0.2, 0.25) is 0 Å². The van der Waals surface area contributed by atoms with Crippen LogP contribution in [-0.2, 0) is 0 Å². The molecule has 1 atom stereocenters. The molecule has 2 aromatic rings. The molecule has 0 nitrogen and oxygen atoms in total. The standard InChI is InChI=1S/C16H17Br/c1-11-4-5-12(2)16(10-11)13(3)14-6-8-15(17)9-7-14/h4-10,13H,1-3H3. The van der Waals surface area contributed by atoms with Gasteiger partial charge in [0.1, 0.15) is 0 Å². The van der Waals surface area contributed by atoms with Gasteiger partial charge >= 0.3 is 0 Å². The molecule has 0 aliphatic carbocycles. The van der Waals surface area contributed by atoms with Crippen LogP contribution in [0.5, 0.6) is 0 Å². The van der Waals surface area contributed by atoms with Gasteiger partial charge < -0.3 is 0 Å². The molecule has 0 radical (unpaired) electrons. The molecular formula is C16H17Br. The van der Waals surface area contributed by atoms with Crippen LogP contribution in [0.3, 0.4) is 0 Å². The molecule has 0 saturated heterocycles. The highest BCUT2D eigenvalue weighted by atomic mass is 79.9. The van der Waals surface area contributed by atoms with Crippen molar-refractivity contribution < 1.29 is 0 Å². The molecule has 0 aromatic heterocycles. The van der Waals surface area contributed by atoms with Crippen LogP contribution >= 0.6 is 15.9 Å². The third-order valence-corrected chi connectivity index (χ3v) is 3.80. The Labute approximate surface area is 112 Å². The van der Waals surface area contributed by atoms with Crippen molar-refractivity contribution in [2.24, 2.45) is 0 Å². The summed E-state index contributed by atoms with van der Waals surface area (Å²) in [4.78, 5) is 0. The first kappa shape index (κ1) is 12.4. The number of aryl methyl sites for hydroxylation is 2. The van der Waals surface area contributed by atoms with Gasteiger partial charge in [0, 0.05) is 10.4 Å². The molecule has 0 bridgehead atoms. The lowest BCUT2D eigenvalue weighted by atomic mass is 9.89. The van der Waals surface area contributed by atoms with E-state index in [4.69, 9.17) is 0 Å². The van der Waals surface area contributed by atoms with E-state index in [-0.39, 0.29) is 0 Å². The molecule has 0 saturated carbocycles. The van der Waals surface area contributed by atoms with Gasteiger partial charge in [-0.1, -0.05) is 58.7 Å². The van der Waals surface area contributed by atoms with Crippen molar-refractivity contribution in [3.8, 4) is 0 Å². The number of rotatable bonds is 2. The molecule has 1 unspecified atom stereocenters. The Kier molecular flexibility index (Phi) is 3.68. The van der Waals surface area contributed by atoms with E-state index in [1.54, 1.807) is 0 Å². The molecule has 0 heterocycles. The van der Waals surface area contributed by atoms with Crippen LogP contribution in [-0.4, -0.2) is 0 Å². The predicted molar refractivity (Wildman–Crippen MR) is 77.6 cm³/mol. The fraction of sp³-hybridized carbons (Fsp3) is 0.250. The van der Waals surface area contributed by atoms with Crippen molar-refractivity contribution in [3.05, 3.63) is 69.2 Å². The Morgan fingerprint density at radius 3 is 2.24 bits per heavy atom. The summed E-state index contributed by atoms with van der Waals surface area (Å²) in [7, 11) is 0. The van der Waals surface area contributed by atoms with Gasteiger partial charge in [-0.15, -0.1) is 0 Å². The van der Waals surface area contributed by atoms with Crippen LogP contribution in [0, 0.1) is 13.8 Å². The van der Waals surface area contributed by atoms with Gasteiger partial charge in [0.05, 0.1) is 0 Å². The first-order valence-electron chi connectivity index (χ1n) is 5.90. The quantitative estimate of drug-likeness (QED) is 0.711. The third-order valence-electron chi connectivity index (χ3n) is 3.27. The van der Waals surface area contributed by atoms with Crippen LogP contribution in [0.25, 0.3) is 0 Å². The minimum absolute atomic E-state index is 0.447. The number of benzene rings is 2. The zero-order chi connectivity index (χ0) is 12.4. The molecule has 0 spiro atoms. The number of hydrogen-bond acceptors (Lipinski definition) is 0. The van der Waals surface area contributed by atoms with Crippen LogP contribution < -0.4 is 0 Å². The minimum atomic E-state index is 0.447. The molecular weight excluding hydrogens is 272 g/mol. The van der Waals surface area contributed by atoms with Gasteiger partial charge in [-0.05, 0) is 42.7 Å². The van der Waals surface area contributed by atoms with Crippen molar-refractivity contribution in [2.45, 2.75) is 26.7 Å². The zero-order valence-corrected chi connectivity index (χ0v) is 12.1. The molecule has 0 amide bonds. The number of halogens is 1. The lowest BCUT2D eigenvalue weighted by Gasteiger charge is -2.16. The molecule has 1 heteroatoms. The lowest BCUT2D eigenvalue weighted by Crippen LogP contribution is -1.99. The maximum atomic E-state index is 3.48. The second-order valence-corrected chi connectivity index (χ2v) is 5.55. The smallest absolute Gasteiger partial charge is 0.0175 e. The van der Waals surface area contributed by atoms with Gasteiger partial charge in [0.2, 0.25) is 0 Å². The maximum absolute atomic E-state index is 3.48. The fourth-order valence-electron chi connectivity index (χ4n) is 2.16. The van der Waals surface area contributed by atoms with Crippen LogP contribution in [0.15, 0.2) is 46.9 Å². The van der Waals surface area contributed by atoms with Gasteiger partial charge in [0.25, 0.3) is 0 Å². The minimum Gasteiger partial charge on any atom is -0.0590 e. The molecule has 0 N–H and O–H groups in total. The molecule has 0 aliphatic heterocycles. The third kappa shape index (κ3) is 2.78. The Balaban J connectivity index is 2.39. The summed E-state index contributed by atoms with van der Waals surface area (Å²) in [6, 6.07) is 15.3. The highest BCUT2D eigenvalue weighted by molar-refractivity contribution is 9.10. The summed E-state index contributed by atoms with van der Waals surface area (Å²) in [5.41, 5.74) is 5.48. The molecule has 0 aliphatic rings. The van der Waals surface area contributed by atoms with Crippen LogP contribution in [0.1, 0.15) is 35.1 Å². The zero-order valence-electron chi connectivity index (χ0n) is 10.5. The van der Waals surface area contributed by atoms with E-state index in [0.717, 1.165) is 4.47 Å². The van der Waals surface area contributed by atoms with E-state index in [2.05, 4.69) is 79.2 Å². The van der Waals surface area contributed by atoms with Gasteiger partial charge in [-0.3, -0.25) is 0 Å². The molecule has 2 aromatic carbocycles. The summed E-state index contributed by atoms with van der Waals surface area (Å²) in [6.07, 6.45) is 0. The average Bonchev–Trinajstić information content (AvgIpc) is 2.32. The second kappa shape index (κ2) is 5.05. The van der Waals surface area contributed by atoms with Gasteiger partial charge in [0.15, 0.2) is 0 Å². The summed E-state index contributed by atoms with van der Waals surface area (Å²) in [6.45, 7) is 6.60. The summed E-state index contributed by atoms with van der Waals surface area (Å²) >= 11 is 3.48. The highest BCUT2D eigenvalue weighted by Crippen LogP contribution is 2.28. The van der Waals surface area contributed by atoms with Crippen LogP contribution in [0.4, 0.5) is 0 Å². The topological polar surface area (TPSA) is 0 Å². The lowest BCUT2D eigenvalue weighted by molar-refractivity contribution is 0.907. The van der Waals surface area contributed by atoms with E-state index >= 15 is 0 Å². The SMILES string of the molecule is Cc1ccc(C)c(C(C)c2ccc(Br)cc2)c1. The largest absolute Gasteiger partial charge is 0.0590 e. The average molecular weight is 289 g/mol. The summed E-state index contributed by atoms with van der Waals surface area (Å²) < 4.78 is 1.13. The molecule has 17 heavy (non-hydrogen) atoms. The normalized spacial score (nSPS) is 12.5. The first-order chi connectivity index (χ1) is 8.08. The van der Waals surface area contributed by atoms with Crippen molar-refractivity contribution in [1.82, 2.24) is 0 Å². The van der Waals surface area contributed by atoms with Crippen molar-refractivity contribution in [3.63, 3.8) is 0 Å². The van der Waals surface area contributed by atoms with E-state index in [9.17, 15) is 0 Å². The Morgan fingerprint density at radius 1 is 0.941 bits per heavy atom. The van der Waals surface area contributed by atoms with E-state index < -0.39 is 0 Å². The second-order valence-electron chi connectivity index (χ2n) is 4.63. The monoisotopic (exact) mass is 288 g/mol. The molecule has 0 fully saturated rings. The first-order valence-corrected chi connectivity index (χ1v) is 6.70. The van der Waals surface area contributed by atoms with Crippen molar-refractivity contribution in [1.29, 1.82) is 0 Å².